The number of halogens is 3. The fourth-order valence-electron chi connectivity index (χ4n) is 2.19. The summed E-state index contributed by atoms with van der Waals surface area (Å²) in [6, 6.07) is 9.91. The number of thiocarbonyl (C=S) groups is 1. The molecule has 10 nitrogen and oxygen atoms in total. The lowest BCUT2D eigenvalue weighted by Gasteiger charge is -2.27. The number of nitrogens with zero attached hydrogens (tertiary/aromatic N) is 2. The van der Waals surface area contributed by atoms with Crippen LogP contribution in [-0.4, -0.2) is 32.0 Å². The van der Waals surface area contributed by atoms with Crippen LogP contribution in [0.15, 0.2) is 47.4 Å². The zero-order chi connectivity index (χ0) is 23.2. The van der Waals surface area contributed by atoms with Crippen molar-refractivity contribution in [2.24, 2.45) is 0 Å². The summed E-state index contributed by atoms with van der Waals surface area (Å²) >= 11 is 24.1. The summed E-state index contributed by atoms with van der Waals surface area (Å²) in [5.41, 5.74) is -0.109. The molecule has 0 aliphatic heterocycles. The molecule has 0 radical (unpaired) electrons. The molecule has 0 aromatic heterocycles. The van der Waals surface area contributed by atoms with Gasteiger partial charge in [0.1, 0.15) is 16.8 Å². The highest BCUT2D eigenvalue weighted by Gasteiger charge is 2.34. The Morgan fingerprint density at radius 2 is 1.84 bits per heavy atom. The van der Waals surface area contributed by atoms with Crippen molar-refractivity contribution in [2.45, 2.75) is 14.9 Å². The normalized spacial score (nSPS) is 12.0. The van der Waals surface area contributed by atoms with Crippen molar-refractivity contribution >= 4 is 81.1 Å². The number of methoxy groups -OCH3 is 1. The van der Waals surface area contributed by atoms with Crippen molar-refractivity contribution in [3.05, 3.63) is 62.7 Å². The number of rotatable bonds is 8. The maximum Gasteiger partial charge on any atom is 0.284 e. The Kier molecular flexibility index (Phi) is 8.91. The molecule has 0 saturated carbocycles. The fourth-order valence-corrected chi connectivity index (χ4v) is 3.82. The third kappa shape index (κ3) is 7.23. The Hall–Kier alpha value is -2.09. The van der Waals surface area contributed by atoms with E-state index >= 15 is 0 Å². The largest absolute Gasteiger partial charge is 0.495 e. The van der Waals surface area contributed by atoms with Gasteiger partial charge in [0.15, 0.2) is 5.11 Å². The first-order valence-electron chi connectivity index (χ1n) is 8.15. The topological polar surface area (TPSA) is 132 Å². The number of ether oxygens (including phenoxy) is 1. The van der Waals surface area contributed by atoms with Crippen molar-refractivity contribution in [2.75, 3.05) is 12.4 Å². The second-order valence-corrected chi connectivity index (χ2v) is 9.32. The molecule has 1 atom stereocenters. The van der Waals surface area contributed by atoms with E-state index < -0.39 is 19.8 Å². The molecule has 3 N–H and O–H groups in total. The average Bonchev–Trinajstić information content (AvgIpc) is 2.70. The first-order chi connectivity index (χ1) is 14.5. The second-order valence-electron chi connectivity index (χ2n) is 5.66. The van der Waals surface area contributed by atoms with Crippen LogP contribution < -0.4 is 20.1 Å². The molecule has 0 heterocycles. The summed E-state index contributed by atoms with van der Waals surface area (Å²) in [6.07, 6.45) is -1.10. The summed E-state index contributed by atoms with van der Waals surface area (Å²) in [6.45, 7) is 0. The zero-order valence-electron chi connectivity index (χ0n) is 15.5. The molecule has 166 valence electrons. The van der Waals surface area contributed by atoms with Crippen LogP contribution in [0.2, 0.25) is 0 Å². The molecule has 0 fully saturated rings. The van der Waals surface area contributed by atoms with E-state index in [9.17, 15) is 20.2 Å². The van der Waals surface area contributed by atoms with Gasteiger partial charge in [-0.1, -0.05) is 46.9 Å². The second kappa shape index (κ2) is 11.0. The summed E-state index contributed by atoms with van der Waals surface area (Å²) in [5.74, 6) is 0.294. The number of benzene rings is 2. The van der Waals surface area contributed by atoms with Gasteiger partial charge in [0, 0.05) is 18.2 Å². The number of nitro groups is 2. The van der Waals surface area contributed by atoms with Gasteiger partial charge in [-0.2, -0.15) is 0 Å². The summed E-state index contributed by atoms with van der Waals surface area (Å²) in [4.78, 5) is 21.4. The van der Waals surface area contributed by atoms with Crippen LogP contribution in [0.1, 0.15) is 0 Å². The lowest BCUT2D eigenvalue weighted by molar-refractivity contribution is -0.387. The molecule has 0 saturated heterocycles. The highest BCUT2D eigenvalue weighted by molar-refractivity contribution is 7.97. The van der Waals surface area contributed by atoms with Gasteiger partial charge in [0.05, 0.1) is 22.6 Å². The minimum absolute atomic E-state index is 0.0502. The van der Waals surface area contributed by atoms with E-state index in [4.69, 9.17) is 51.8 Å². The van der Waals surface area contributed by atoms with Crippen LogP contribution in [0.3, 0.4) is 0 Å². The maximum absolute atomic E-state index is 11.2. The van der Waals surface area contributed by atoms with E-state index in [0.29, 0.717) is 5.75 Å². The molecule has 31 heavy (non-hydrogen) atoms. The molecule has 0 aliphatic rings. The summed E-state index contributed by atoms with van der Waals surface area (Å²) < 4.78 is 6.02. The van der Waals surface area contributed by atoms with Crippen molar-refractivity contribution in [3.63, 3.8) is 0 Å². The minimum atomic E-state index is -1.92. The molecule has 0 amide bonds. The summed E-state index contributed by atoms with van der Waals surface area (Å²) in [5, 5.41) is 27.6. The van der Waals surface area contributed by atoms with Crippen molar-refractivity contribution < 1.29 is 14.6 Å². The Balaban J connectivity index is 2.15. The van der Waals surface area contributed by atoms with Gasteiger partial charge in [-0.15, -0.1) is 0 Å². The van der Waals surface area contributed by atoms with Crippen LogP contribution in [0.4, 0.5) is 17.1 Å². The predicted molar refractivity (Wildman–Crippen MR) is 125 cm³/mol. The van der Waals surface area contributed by atoms with Gasteiger partial charge >= 0.3 is 0 Å². The number of non-ortho nitro benzene ring substituents is 1. The highest BCUT2D eigenvalue weighted by Crippen LogP contribution is 2.33. The molecule has 0 bridgehead atoms. The van der Waals surface area contributed by atoms with Crippen LogP contribution in [-0.2, 0) is 0 Å². The van der Waals surface area contributed by atoms with Gasteiger partial charge in [-0.25, -0.2) is 4.72 Å². The van der Waals surface area contributed by atoms with E-state index in [1.54, 1.807) is 6.07 Å². The van der Waals surface area contributed by atoms with E-state index in [0.717, 1.165) is 11.9 Å². The third-order valence-corrected chi connectivity index (χ3v) is 5.39. The zero-order valence-corrected chi connectivity index (χ0v) is 19.4. The number of hydrogen-bond donors (Lipinski definition) is 3. The van der Waals surface area contributed by atoms with Crippen LogP contribution >= 0.6 is 59.0 Å². The number of nitro benzene ring substituents is 2. The Morgan fingerprint density at radius 3 is 2.42 bits per heavy atom. The van der Waals surface area contributed by atoms with Gasteiger partial charge in [0.25, 0.3) is 11.4 Å². The van der Waals surface area contributed by atoms with E-state index in [2.05, 4.69) is 15.4 Å². The Bertz CT molecular complexity index is 992. The SMILES string of the molecule is COc1ccc([N+](=O)[O-])cc1NC(=S)NC(NSc1ccccc1[N+](=O)[O-])C(Cl)(Cl)Cl. The third-order valence-electron chi connectivity index (χ3n) is 3.59. The number of alkyl halides is 3. The van der Waals surface area contributed by atoms with Crippen molar-refractivity contribution in [3.8, 4) is 5.75 Å². The smallest absolute Gasteiger partial charge is 0.284 e. The van der Waals surface area contributed by atoms with Crippen molar-refractivity contribution in [1.29, 1.82) is 0 Å². The molecular weight excluding hydrogens is 513 g/mol. The number of para-hydroxylation sites is 1. The quantitative estimate of drug-likeness (QED) is 0.110. The van der Waals surface area contributed by atoms with Crippen LogP contribution in [0, 0.1) is 20.2 Å². The van der Waals surface area contributed by atoms with Crippen LogP contribution in [0.5, 0.6) is 5.75 Å². The molecule has 2 aromatic rings. The molecule has 0 spiro atoms. The molecule has 0 aliphatic carbocycles. The van der Waals surface area contributed by atoms with Gasteiger partial charge in [-0.05, 0) is 36.3 Å². The van der Waals surface area contributed by atoms with E-state index in [1.807, 2.05) is 0 Å². The van der Waals surface area contributed by atoms with Gasteiger partial charge in [-0.3, -0.25) is 20.2 Å². The standard InChI is InChI=1S/C16H14Cl3N5O5S2/c1-29-12-7-6-9(23(25)26)8-10(12)20-15(30)21-14(16(17,18)19)22-31-13-5-3-2-4-11(13)24(27)28/h2-8,14,22H,1H3,(H2,20,21,30). The first kappa shape index (κ1) is 25.2. The molecule has 1 unspecified atom stereocenters. The monoisotopic (exact) mass is 525 g/mol. The van der Waals surface area contributed by atoms with E-state index in [1.165, 1.54) is 43.5 Å². The average molecular weight is 527 g/mol. The molecular formula is C16H14Cl3N5O5S2. The Labute approximate surface area is 201 Å². The van der Waals surface area contributed by atoms with Gasteiger partial charge < -0.3 is 15.4 Å². The maximum atomic E-state index is 11.2. The van der Waals surface area contributed by atoms with Crippen molar-refractivity contribution in [1.82, 2.24) is 10.0 Å². The number of anilines is 1. The van der Waals surface area contributed by atoms with Gasteiger partial charge in [0.2, 0.25) is 3.79 Å². The summed E-state index contributed by atoms with van der Waals surface area (Å²) in [7, 11) is 1.39. The lowest BCUT2D eigenvalue weighted by Crippen LogP contribution is -2.52. The Morgan fingerprint density at radius 1 is 1.16 bits per heavy atom. The number of hydrogen-bond acceptors (Lipinski definition) is 8. The molecule has 2 aromatic carbocycles. The lowest BCUT2D eigenvalue weighted by atomic mass is 10.2. The fraction of sp³-hybridized carbons (Fsp3) is 0.188. The number of nitrogens with one attached hydrogen (secondary N) is 3. The molecule has 15 heteroatoms. The van der Waals surface area contributed by atoms with Crippen LogP contribution in [0.25, 0.3) is 0 Å². The predicted octanol–water partition coefficient (Wildman–Crippen LogP) is 4.79. The highest BCUT2D eigenvalue weighted by atomic mass is 35.6. The van der Waals surface area contributed by atoms with E-state index in [-0.39, 0.29) is 27.1 Å². The molecule has 2 rings (SSSR count). The first-order valence-corrected chi connectivity index (χ1v) is 10.5. The minimum Gasteiger partial charge on any atom is -0.495 e.